The maximum atomic E-state index is 11.4. The number of nitro groups is 1. The van der Waals surface area contributed by atoms with E-state index in [0.717, 1.165) is 0 Å². The predicted molar refractivity (Wildman–Crippen MR) is 47.6 cm³/mol. The lowest BCUT2D eigenvalue weighted by Gasteiger charge is -2.23. The second-order valence-corrected chi connectivity index (χ2v) is 3.49. The van der Waals surface area contributed by atoms with Gasteiger partial charge in [0.05, 0.1) is 11.3 Å². The maximum absolute atomic E-state index is 11.4. The largest absolute Gasteiger partial charge is 0.354 e. The molecule has 0 saturated carbocycles. The SMILES string of the molecule is CN1CCN2C(=O)CCC([N+](=O)[O-])=C12. The van der Waals surface area contributed by atoms with Crippen LogP contribution in [0.5, 0.6) is 0 Å². The van der Waals surface area contributed by atoms with Crippen LogP contribution >= 0.6 is 0 Å². The Morgan fingerprint density at radius 3 is 2.71 bits per heavy atom. The van der Waals surface area contributed by atoms with E-state index < -0.39 is 0 Å². The summed E-state index contributed by atoms with van der Waals surface area (Å²) in [5, 5.41) is 10.7. The van der Waals surface area contributed by atoms with E-state index in [0.29, 0.717) is 18.9 Å². The minimum atomic E-state index is -0.378. The van der Waals surface area contributed by atoms with Crippen molar-refractivity contribution in [2.75, 3.05) is 20.1 Å². The van der Waals surface area contributed by atoms with Crippen LogP contribution in [0.3, 0.4) is 0 Å². The van der Waals surface area contributed by atoms with Crippen molar-refractivity contribution in [1.82, 2.24) is 9.80 Å². The number of carbonyl (C=O) groups is 1. The monoisotopic (exact) mass is 197 g/mol. The molecular formula is C8H11N3O3. The molecule has 0 radical (unpaired) electrons. The summed E-state index contributed by atoms with van der Waals surface area (Å²) in [4.78, 5) is 25.1. The van der Waals surface area contributed by atoms with Crippen LogP contribution in [0.25, 0.3) is 0 Å². The molecule has 0 N–H and O–H groups in total. The summed E-state index contributed by atoms with van der Waals surface area (Å²) in [6, 6.07) is 0. The molecule has 1 fully saturated rings. The highest BCUT2D eigenvalue weighted by Gasteiger charge is 2.38. The summed E-state index contributed by atoms with van der Waals surface area (Å²) in [6.45, 7) is 1.25. The molecule has 0 aromatic rings. The normalized spacial score (nSPS) is 21.6. The molecule has 0 aromatic carbocycles. The van der Waals surface area contributed by atoms with Crippen LogP contribution in [-0.4, -0.2) is 40.8 Å². The molecule has 0 bridgehead atoms. The van der Waals surface area contributed by atoms with Crippen LogP contribution in [0.1, 0.15) is 12.8 Å². The van der Waals surface area contributed by atoms with Crippen LogP contribution < -0.4 is 0 Å². The van der Waals surface area contributed by atoms with Crippen molar-refractivity contribution in [2.24, 2.45) is 0 Å². The molecule has 0 aliphatic carbocycles. The zero-order valence-corrected chi connectivity index (χ0v) is 7.89. The third kappa shape index (κ3) is 1.14. The van der Waals surface area contributed by atoms with Crippen molar-refractivity contribution >= 4 is 5.91 Å². The fourth-order valence-electron chi connectivity index (χ4n) is 1.93. The lowest BCUT2D eigenvalue weighted by Crippen LogP contribution is -2.34. The molecule has 2 aliphatic rings. The van der Waals surface area contributed by atoms with Crippen molar-refractivity contribution in [3.63, 3.8) is 0 Å². The zero-order chi connectivity index (χ0) is 10.3. The van der Waals surface area contributed by atoms with Crippen molar-refractivity contribution in [3.05, 3.63) is 21.6 Å². The van der Waals surface area contributed by atoms with E-state index in [2.05, 4.69) is 0 Å². The van der Waals surface area contributed by atoms with Gasteiger partial charge in [0.2, 0.25) is 5.91 Å². The smallest absolute Gasteiger partial charge is 0.287 e. The lowest BCUT2D eigenvalue weighted by molar-refractivity contribution is -0.431. The van der Waals surface area contributed by atoms with E-state index in [1.807, 2.05) is 0 Å². The van der Waals surface area contributed by atoms with Gasteiger partial charge in [-0.15, -0.1) is 0 Å². The minimum absolute atomic E-state index is 0.00468. The average molecular weight is 197 g/mol. The van der Waals surface area contributed by atoms with Gasteiger partial charge in [-0.25, -0.2) is 0 Å². The fraction of sp³-hybridized carbons (Fsp3) is 0.625. The first-order chi connectivity index (χ1) is 6.61. The molecular weight excluding hydrogens is 186 g/mol. The number of amides is 1. The second-order valence-electron chi connectivity index (χ2n) is 3.49. The number of allylic oxidation sites excluding steroid dienone is 1. The molecule has 0 atom stereocenters. The summed E-state index contributed by atoms with van der Waals surface area (Å²) in [6.07, 6.45) is 0.510. The average Bonchev–Trinajstić information content (AvgIpc) is 2.50. The summed E-state index contributed by atoms with van der Waals surface area (Å²) in [5.41, 5.74) is 0.171. The third-order valence-corrected chi connectivity index (χ3v) is 2.63. The van der Waals surface area contributed by atoms with E-state index in [-0.39, 0.29) is 29.4 Å². The van der Waals surface area contributed by atoms with Gasteiger partial charge in [-0.05, 0) is 0 Å². The lowest BCUT2D eigenvalue weighted by atomic mass is 10.1. The topological polar surface area (TPSA) is 66.7 Å². The molecule has 2 aliphatic heterocycles. The molecule has 6 nitrogen and oxygen atoms in total. The van der Waals surface area contributed by atoms with Gasteiger partial charge in [-0.3, -0.25) is 19.8 Å². The summed E-state index contributed by atoms with van der Waals surface area (Å²) in [7, 11) is 1.78. The van der Waals surface area contributed by atoms with Gasteiger partial charge >= 0.3 is 0 Å². The maximum Gasteiger partial charge on any atom is 0.287 e. The Morgan fingerprint density at radius 2 is 2.07 bits per heavy atom. The quantitative estimate of drug-likeness (QED) is 0.438. The number of hydrogen-bond donors (Lipinski definition) is 0. The highest BCUT2D eigenvalue weighted by atomic mass is 16.6. The van der Waals surface area contributed by atoms with Gasteiger partial charge in [-0.2, -0.15) is 0 Å². The van der Waals surface area contributed by atoms with Gasteiger partial charge in [0, 0.05) is 26.6 Å². The molecule has 0 unspecified atom stereocenters. The molecule has 0 aromatic heterocycles. The molecule has 0 spiro atoms. The highest BCUT2D eigenvalue weighted by molar-refractivity contribution is 5.80. The zero-order valence-electron chi connectivity index (χ0n) is 7.89. The Balaban J connectivity index is 2.45. The van der Waals surface area contributed by atoms with Crippen molar-refractivity contribution < 1.29 is 9.72 Å². The number of likely N-dealkylation sites (N-methyl/N-ethyl adjacent to an activating group) is 1. The van der Waals surface area contributed by atoms with Gasteiger partial charge < -0.3 is 4.90 Å². The van der Waals surface area contributed by atoms with Gasteiger partial charge in [0.1, 0.15) is 0 Å². The van der Waals surface area contributed by atoms with Gasteiger partial charge in [0.25, 0.3) is 5.70 Å². The number of fused-ring (bicyclic) bond motifs is 1. The Bertz CT molecular complexity index is 337. The van der Waals surface area contributed by atoms with Gasteiger partial charge in [-0.1, -0.05) is 0 Å². The van der Waals surface area contributed by atoms with E-state index in [9.17, 15) is 14.9 Å². The van der Waals surface area contributed by atoms with E-state index in [4.69, 9.17) is 0 Å². The summed E-state index contributed by atoms with van der Waals surface area (Å²) < 4.78 is 0. The number of rotatable bonds is 1. The molecule has 2 heterocycles. The van der Waals surface area contributed by atoms with E-state index in [1.54, 1.807) is 11.9 Å². The van der Waals surface area contributed by atoms with Crippen molar-refractivity contribution in [3.8, 4) is 0 Å². The van der Waals surface area contributed by atoms with E-state index >= 15 is 0 Å². The number of hydrogen-bond acceptors (Lipinski definition) is 4. The Morgan fingerprint density at radius 1 is 1.36 bits per heavy atom. The number of nitrogens with zero attached hydrogens (tertiary/aromatic N) is 3. The molecule has 14 heavy (non-hydrogen) atoms. The van der Waals surface area contributed by atoms with Crippen LogP contribution in [0.2, 0.25) is 0 Å². The molecule has 6 heteroatoms. The Hall–Kier alpha value is -1.59. The highest BCUT2D eigenvalue weighted by Crippen LogP contribution is 2.28. The van der Waals surface area contributed by atoms with Crippen LogP contribution in [0, 0.1) is 10.1 Å². The van der Waals surface area contributed by atoms with Crippen molar-refractivity contribution in [1.29, 1.82) is 0 Å². The molecule has 76 valence electrons. The van der Waals surface area contributed by atoms with Crippen molar-refractivity contribution in [2.45, 2.75) is 12.8 Å². The number of carbonyl (C=O) groups excluding carboxylic acids is 1. The molecule has 1 saturated heterocycles. The first kappa shape index (κ1) is 8.98. The molecule has 1 amide bonds. The van der Waals surface area contributed by atoms with Crippen LogP contribution in [0.4, 0.5) is 0 Å². The van der Waals surface area contributed by atoms with E-state index in [1.165, 1.54) is 4.90 Å². The Labute approximate surface area is 80.9 Å². The first-order valence-corrected chi connectivity index (χ1v) is 4.50. The fourth-order valence-corrected chi connectivity index (χ4v) is 1.93. The van der Waals surface area contributed by atoms with Gasteiger partial charge in [0.15, 0.2) is 5.82 Å². The second kappa shape index (κ2) is 2.97. The molecule has 2 rings (SSSR count). The first-order valence-electron chi connectivity index (χ1n) is 4.50. The van der Waals surface area contributed by atoms with Crippen LogP contribution in [0.15, 0.2) is 11.5 Å². The predicted octanol–water partition coefficient (Wildman–Crippen LogP) is 0.000000000000000222. The summed E-state index contributed by atoms with van der Waals surface area (Å²) >= 11 is 0. The minimum Gasteiger partial charge on any atom is -0.354 e. The van der Waals surface area contributed by atoms with Crippen LogP contribution in [-0.2, 0) is 4.79 Å². The Kier molecular flexibility index (Phi) is 1.90. The summed E-state index contributed by atoms with van der Waals surface area (Å²) in [5.74, 6) is 0.487. The standard InChI is InChI=1S/C8H11N3O3/c1-9-4-5-10-7(12)3-2-6(8(9)10)11(13)14/h2-5H2,1H3. The third-order valence-electron chi connectivity index (χ3n) is 2.63.